The van der Waals surface area contributed by atoms with Crippen LogP contribution in [0.1, 0.15) is 11.1 Å². The fourth-order valence-corrected chi connectivity index (χ4v) is 1.65. The molecule has 0 saturated carbocycles. The van der Waals surface area contributed by atoms with Crippen molar-refractivity contribution in [2.75, 3.05) is 0 Å². The highest BCUT2D eigenvalue weighted by Crippen LogP contribution is 2.13. The van der Waals surface area contributed by atoms with Gasteiger partial charge in [-0.25, -0.2) is 0 Å². The fraction of sp³-hybridized carbons (Fsp3) is 0.167. The Labute approximate surface area is 91.5 Å². The number of nitrogens with one attached hydrogen (secondary N) is 1. The molecule has 4 heteroatoms. The molecule has 1 heterocycles. The Morgan fingerprint density at radius 1 is 1.38 bits per heavy atom. The van der Waals surface area contributed by atoms with Gasteiger partial charge in [0.25, 0.3) is 5.56 Å². The van der Waals surface area contributed by atoms with Crippen LogP contribution in [-0.2, 0) is 11.2 Å². The summed E-state index contributed by atoms with van der Waals surface area (Å²) in [5.41, 5.74) is 1.97. The number of aromatic nitrogens is 1. The summed E-state index contributed by atoms with van der Waals surface area (Å²) in [6.45, 7) is 1.72. The third kappa shape index (κ3) is 1.95. The number of aryl methyl sites for hydroxylation is 1. The van der Waals surface area contributed by atoms with Crippen molar-refractivity contribution in [2.45, 2.75) is 13.3 Å². The van der Waals surface area contributed by atoms with Crippen LogP contribution in [-0.4, -0.2) is 16.1 Å². The highest BCUT2D eigenvalue weighted by molar-refractivity contribution is 5.81. The molecule has 0 unspecified atom stereocenters. The molecule has 1 aromatic heterocycles. The highest BCUT2D eigenvalue weighted by Gasteiger charge is 2.03. The third-order valence-corrected chi connectivity index (χ3v) is 2.45. The van der Waals surface area contributed by atoms with Crippen molar-refractivity contribution < 1.29 is 9.90 Å². The molecule has 1 aromatic carbocycles. The predicted octanol–water partition coefficient (Wildman–Crippen LogP) is 1.46. The number of carbonyl (C=O) groups is 1. The summed E-state index contributed by atoms with van der Waals surface area (Å²) >= 11 is 0. The molecule has 4 nitrogen and oxygen atoms in total. The van der Waals surface area contributed by atoms with E-state index >= 15 is 0 Å². The van der Waals surface area contributed by atoms with Crippen molar-refractivity contribution >= 4 is 16.9 Å². The van der Waals surface area contributed by atoms with E-state index in [9.17, 15) is 9.59 Å². The quantitative estimate of drug-likeness (QED) is 0.800. The Kier molecular flexibility index (Phi) is 2.48. The summed E-state index contributed by atoms with van der Waals surface area (Å²) in [6.07, 6.45) is -0.00584. The molecule has 0 spiro atoms. The zero-order chi connectivity index (χ0) is 11.7. The monoisotopic (exact) mass is 217 g/mol. The molecule has 0 amide bonds. The summed E-state index contributed by atoms with van der Waals surface area (Å²) in [5.74, 6) is -0.861. The molecule has 0 radical (unpaired) electrons. The summed E-state index contributed by atoms with van der Waals surface area (Å²) in [6, 6.07) is 6.99. The van der Waals surface area contributed by atoms with E-state index in [1.807, 2.05) is 0 Å². The van der Waals surface area contributed by atoms with Crippen LogP contribution in [0.3, 0.4) is 0 Å². The standard InChI is InChI=1S/C12H11NO3/c1-7-4-9-5-8(6-11(14)15)2-3-10(9)13-12(7)16/h2-5H,6H2,1H3,(H,13,16)(H,14,15). The molecule has 0 atom stereocenters. The van der Waals surface area contributed by atoms with Crippen LogP contribution in [0.2, 0.25) is 0 Å². The minimum atomic E-state index is -0.861. The van der Waals surface area contributed by atoms with Crippen LogP contribution in [0, 0.1) is 6.92 Å². The van der Waals surface area contributed by atoms with E-state index in [2.05, 4.69) is 4.98 Å². The first-order chi connectivity index (χ1) is 7.56. The number of rotatable bonds is 2. The van der Waals surface area contributed by atoms with Gasteiger partial charge in [0.1, 0.15) is 0 Å². The lowest BCUT2D eigenvalue weighted by atomic mass is 10.1. The molecule has 2 rings (SSSR count). The van der Waals surface area contributed by atoms with Crippen LogP contribution in [0.5, 0.6) is 0 Å². The Hall–Kier alpha value is -2.10. The lowest BCUT2D eigenvalue weighted by Gasteiger charge is -2.02. The lowest BCUT2D eigenvalue weighted by molar-refractivity contribution is -0.136. The Bertz CT molecular complexity index is 613. The number of pyridine rings is 1. The van der Waals surface area contributed by atoms with Crippen LogP contribution in [0.15, 0.2) is 29.1 Å². The molecule has 0 aliphatic carbocycles. The Morgan fingerprint density at radius 2 is 2.12 bits per heavy atom. The van der Waals surface area contributed by atoms with Gasteiger partial charge in [-0.15, -0.1) is 0 Å². The maximum atomic E-state index is 11.3. The SMILES string of the molecule is Cc1cc2cc(CC(=O)O)ccc2[nH]c1=O. The molecule has 2 N–H and O–H groups in total. The zero-order valence-corrected chi connectivity index (χ0v) is 8.78. The topological polar surface area (TPSA) is 70.2 Å². The van der Waals surface area contributed by atoms with E-state index in [-0.39, 0.29) is 12.0 Å². The van der Waals surface area contributed by atoms with Crippen molar-refractivity contribution in [3.63, 3.8) is 0 Å². The van der Waals surface area contributed by atoms with Crippen molar-refractivity contribution in [3.8, 4) is 0 Å². The highest BCUT2D eigenvalue weighted by atomic mass is 16.4. The van der Waals surface area contributed by atoms with Crippen LogP contribution >= 0.6 is 0 Å². The molecule has 0 aliphatic rings. The van der Waals surface area contributed by atoms with Crippen molar-refractivity contribution in [3.05, 3.63) is 45.7 Å². The first kappa shape index (κ1) is 10.4. The molecule has 82 valence electrons. The fourth-order valence-electron chi connectivity index (χ4n) is 1.65. The van der Waals surface area contributed by atoms with Gasteiger partial charge in [0, 0.05) is 11.1 Å². The number of carboxylic acids is 1. The van der Waals surface area contributed by atoms with Crippen LogP contribution in [0.4, 0.5) is 0 Å². The van der Waals surface area contributed by atoms with Gasteiger partial charge in [0.05, 0.1) is 6.42 Å². The van der Waals surface area contributed by atoms with Gasteiger partial charge in [0.15, 0.2) is 0 Å². The molecule has 0 saturated heterocycles. The molecular formula is C12H11NO3. The molecule has 2 aromatic rings. The van der Waals surface area contributed by atoms with Crippen molar-refractivity contribution in [1.82, 2.24) is 4.98 Å². The number of fused-ring (bicyclic) bond motifs is 1. The molecule has 0 fully saturated rings. The van der Waals surface area contributed by atoms with Gasteiger partial charge in [0.2, 0.25) is 0 Å². The first-order valence-electron chi connectivity index (χ1n) is 4.90. The number of aromatic amines is 1. The molecule has 0 bridgehead atoms. The van der Waals surface area contributed by atoms with Crippen molar-refractivity contribution in [2.24, 2.45) is 0 Å². The van der Waals surface area contributed by atoms with E-state index in [0.717, 1.165) is 16.5 Å². The van der Waals surface area contributed by atoms with Gasteiger partial charge in [-0.3, -0.25) is 9.59 Å². The number of H-pyrrole nitrogens is 1. The average molecular weight is 217 g/mol. The minimum Gasteiger partial charge on any atom is -0.481 e. The van der Waals surface area contributed by atoms with E-state index in [0.29, 0.717) is 5.56 Å². The van der Waals surface area contributed by atoms with E-state index in [4.69, 9.17) is 5.11 Å². The second-order valence-corrected chi connectivity index (χ2v) is 3.77. The van der Waals surface area contributed by atoms with Gasteiger partial charge >= 0.3 is 5.97 Å². The number of aliphatic carboxylic acids is 1. The smallest absolute Gasteiger partial charge is 0.307 e. The number of carboxylic acid groups (broad SMARTS) is 1. The summed E-state index contributed by atoms with van der Waals surface area (Å²) in [5, 5.41) is 9.54. The van der Waals surface area contributed by atoms with Crippen LogP contribution in [0.25, 0.3) is 10.9 Å². The first-order valence-corrected chi connectivity index (χ1v) is 4.90. The third-order valence-electron chi connectivity index (χ3n) is 2.45. The second kappa shape index (κ2) is 3.81. The number of benzene rings is 1. The molecule has 0 aliphatic heterocycles. The second-order valence-electron chi connectivity index (χ2n) is 3.77. The summed E-state index contributed by atoms with van der Waals surface area (Å²) in [7, 11) is 0. The minimum absolute atomic E-state index is 0.00584. The largest absolute Gasteiger partial charge is 0.481 e. The van der Waals surface area contributed by atoms with E-state index < -0.39 is 5.97 Å². The van der Waals surface area contributed by atoms with Crippen LogP contribution < -0.4 is 5.56 Å². The zero-order valence-electron chi connectivity index (χ0n) is 8.78. The molecule has 16 heavy (non-hydrogen) atoms. The maximum Gasteiger partial charge on any atom is 0.307 e. The number of hydrogen-bond donors (Lipinski definition) is 2. The summed E-state index contributed by atoms with van der Waals surface area (Å²) < 4.78 is 0. The van der Waals surface area contributed by atoms with E-state index in [1.54, 1.807) is 31.2 Å². The summed E-state index contributed by atoms with van der Waals surface area (Å²) in [4.78, 5) is 24.6. The Balaban J connectivity index is 2.57. The van der Waals surface area contributed by atoms with Crippen molar-refractivity contribution in [1.29, 1.82) is 0 Å². The van der Waals surface area contributed by atoms with Gasteiger partial charge < -0.3 is 10.1 Å². The predicted molar refractivity (Wildman–Crippen MR) is 60.6 cm³/mol. The van der Waals surface area contributed by atoms with Gasteiger partial charge in [-0.05, 0) is 36.1 Å². The lowest BCUT2D eigenvalue weighted by Crippen LogP contribution is -2.08. The Morgan fingerprint density at radius 3 is 2.81 bits per heavy atom. The van der Waals surface area contributed by atoms with Gasteiger partial charge in [-0.1, -0.05) is 6.07 Å². The normalized spacial score (nSPS) is 10.6. The molecular weight excluding hydrogens is 206 g/mol. The maximum absolute atomic E-state index is 11.3. The average Bonchev–Trinajstić information content (AvgIpc) is 2.19. The van der Waals surface area contributed by atoms with Gasteiger partial charge in [-0.2, -0.15) is 0 Å². The number of hydrogen-bond acceptors (Lipinski definition) is 2. The van der Waals surface area contributed by atoms with E-state index in [1.165, 1.54) is 0 Å².